The molecule has 0 atom stereocenters. The second kappa shape index (κ2) is 9.66. The highest BCUT2D eigenvalue weighted by Crippen LogP contribution is 2.16. The third kappa shape index (κ3) is 6.24. The van der Waals surface area contributed by atoms with Gasteiger partial charge in [0.25, 0.3) is 0 Å². The van der Waals surface area contributed by atoms with Gasteiger partial charge >= 0.3 is 0 Å². The normalized spacial score (nSPS) is 9.72. The summed E-state index contributed by atoms with van der Waals surface area (Å²) in [5.41, 5.74) is 2.02. The molecule has 0 N–H and O–H groups in total. The van der Waals surface area contributed by atoms with E-state index >= 15 is 0 Å². The summed E-state index contributed by atoms with van der Waals surface area (Å²) in [6, 6.07) is 21.4. The van der Waals surface area contributed by atoms with E-state index in [1.165, 1.54) is 0 Å². The van der Waals surface area contributed by atoms with Gasteiger partial charge in [-0.1, -0.05) is 55.6 Å². The van der Waals surface area contributed by atoms with Crippen LogP contribution in [0.4, 0.5) is 0 Å². The molecule has 126 valence electrons. The summed E-state index contributed by atoms with van der Waals surface area (Å²) >= 11 is 12.4. The van der Waals surface area contributed by atoms with Crippen LogP contribution in [0.1, 0.15) is 26.3 Å². The Labute approximate surface area is 168 Å². The van der Waals surface area contributed by atoms with E-state index in [2.05, 4.69) is 31.9 Å². The zero-order chi connectivity index (χ0) is 18.2. The Morgan fingerprint density at radius 2 is 1.12 bits per heavy atom. The Hall–Kier alpha value is -1.75. The van der Waals surface area contributed by atoms with E-state index in [9.17, 15) is 9.59 Å². The topological polar surface area (TPSA) is 34.1 Å². The van der Waals surface area contributed by atoms with Gasteiger partial charge in [0.05, 0.1) is 0 Å². The average molecular weight is 481 g/mol. The highest BCUT2D eigenvalue weighted by Gasteiger charge is 2.08. The number of carbonyl (C=O) groups excluding carboxylic acids is 2. The zero-order valence-corrected chi connectivity index (χ0v) is 16.9. The van der Waals surface area contributed by atoms with Gasteiger partial charge in [0.2, 0.25) is 0 Å². The first kappa shape index (κ1) is 19.6. The van der Waals surface area contributed by atoms with Crippen molar-refractivity contribution < 1.29 is 9.59 Å². The molecule has 0 spiro atoms. The van der Waals surface area contributed by atoms with Gasteiger partial charge in [-0.15, -0.1) is 0 Å². The lowest BCUT2D eigenvalue weighted by Crippen LogP contribution is -2.00. The maximum absolute atomic E-state index is 12.0. The summed E-state index contributed by atoms with van der Waals surface area (Å²) in [6.07, 6.45) is 0.826. The number of hydrogen-bond acceptors (Lipinski definition) is 2. The minimum absolute atomic E-state index is 0.00386. The molecule has 0 radical (unpaired) electrons. The Balaban J connectivity index is 0.000000212. The van der Waals surface area contributed by atoms with E-state index in [1.54, 1.807) is 48.5 Å². The molecule has 0 aliphatic rings. The second-order valence-corrected chi connectivity index (χ2v) is 7.28. The van der Waals surface area contributed by atoms with Crippen molar-refractivity contribution >= 4 is 55.5 Å². The zero-order valence-electron chi connectivity index (χ0n) is 13.0. The second-order valence-electron chi connectivity index (χ2n) is 5.01. The highest BCUT2D eigenvalue weighted by atomic mass is 79.9. The van der Waals surface area contributed by atoms with Gasteiger partial charge in [0.1, 0.15) is 6.29 Å². The van der Waals surface area contributed by atoms with Crippen LogP contribution in [0.15, 0.2) is 81.7 Å². The molecule has 0 unspecified atom stereocenters. The molecule has 0 saturated carbocycles. The molecule has 0 aromatic heterocycles. The van der Waals surface area contributed by atoms with Crippen molar-refractivity contribution in [1.29, 1.82) is 0 Å². The number of carbonyl (C=O) groups is 2. The van der Waals surface area contributed by atoms with Crippen molar-refractivity contribution in [3.63, 3.8) is 0 Å². The summed E-state index contributed by atoms with van der Waals surface area (Å²) in [5.74, 6) is 0.00386. The molecule has 3 aromatic rings. The van der Waals surface area contributed by atoms with E-state index in [1.807, 2.05) is 24.3 Å². The van der Waals surface area contributed by atoms with E-state index < -0.39 is 0 Å². The average Bonchev–Trinajstić information content (AvgIpc) is 2.64. The van der Waals surface area contributed by atoms with Crippen molar-refractivity contribution in [2.75, 3.05) is 0 Å². The minimum atomic E-state index is 0.00386. The molecule has 2 nitrogen and oxygen atoms in total. The molecular formula is C20H13Br2ClO2. The first-order chi connectivity index (χ1) is 12.0. The number of halogens is 3. The molecule has 0 aliphatic carbocycles. The summed E-state index contributed by atoms with van der Waals surface area (Å²) in [6.45, 7) is 0. The van der Waals surface area contributed by atoms with Gasteiger partial charge in [-0.25, -0.2) is 0 Å². The van der Waals surface area contributed by atoms with E-state index in [0.29, 0.717) is 21.7 Å². The van der Waals surface area contributed by atoms with Crippen LogP contribution in [0.3, 0.4) is 0 Å². The predicted octanol–water partition coefficient (Wildman–Crippen LogP) is 6.60. The molecule has 0 fully saturated rings. The SMILES string of the molecule is O=C(c1ccc(Cl)cc1)c1ccc(Br)cc1.O=Cc1ccc(Br)cc1. The van der Waals surface area contributed by atoms with Crippen molar-refractivity contribution in [3.05, 3.63) is 103 Å². The first-order valence-corrected chi connectivity index (χ1v) is 9.22. The smallest absolute Gasteiger partial charge is 0.193 e. The Kier molecular flexibility index (Phi) is 7.56. The van der Waals surface area contributed by atoms with Crippen LogP contribution >= 0.6 is 43.5 Å². The number of ketones is 1. The molecule has 0 bridgehead atoms. The van der Waals surface area contributed by atoms with Gasteiger partial charge in [0, 0.05) is 30.7 Å². The maximum atomic E-state index is 12.0. The molecule has 0 aliphatic heterocycles. The third-order valence-corrected chi connectivity index (χ3v) is 4.53. The van der Waals surface area contributed by atoms with Crippen LogP contribution in [0.25, 0.3) is 0 Å². The standard InChI is InChI=1S/C13H8BrClO.C7H5BrO/c14-11-5-1-9(2-6-11)13(16)10-3-7-12(15)8-4-10;8-7-3-1-6(5-9)2-4-7/h1-8H;1-5H. The Bertz CT molecular complexity index is 795. The summed E-state index contributed by atoms with van der Waals surface area (Å²) in [7, 11) is 0. The largest absolute Gasteiger partial charge is 0.298 e. The number of benzene rings is 3. The van der Waals surface area contributed by atoms with Crippen molar-refractivity contribution in [1.82, 2.24) is 0 Å². The lowest BCUT2D eigenvalue weighted by atomic mass is 10.0. The molecule has 0 amide bonds. The van der Waals surface area contributed by atoms with Gasteiger partial charge in [-0.3, -0.25) is 9.59 Å². The van der Waals surface area contributed by atoms with Crippen LogP contribution in [0, 0.1) is 0 Å². The van der Waals surface area contributed by atoms with Crippen LogP contribution in [0.5, 0.6) is 0 Å². The van der Waals surface area contributed by atoms with Crippen molar-refractivity contribution in [3.8, 4) is 0 Å². The molecule has 0 heterocycles. The van der Waals surface area contributed by atoms with Crippen molar-refractivity contribution in [2.45, 2.75) is 0 Å². The Morgan fingerprint density at radius 1 is 0.720 bits per heavy atom. The van der Waals surface area contributed by atoms with E-state index in [0.717, 1.165) is 15.2 Å². The molecular weight excluding hydrogens is 467 g/mol. The van der Waals surface area contributed by atoms with Crippen LogP contribution < -0.4 is 0 Å². The fraction of sp³-hybridized carbons (Fsp3) is 0. The lowest BCUT2D eigenvalue weighted by molar-refractivity contribution is 0.103. The van der Waals surface area contributed by atoms with Crippen molar-refractivity contribution in [2.24, 2.45) is 0 Å². The minimum Gasteiger partial charge on any atom is -0.298 e. The maximum Gasteiger partial charge on any atom is 0.193 e. The van der Waals surface area contributed by atoms with Gasteiger partial charge < -0.3 is 0 Å². The number of aldehydes is 1. The van der Waals surface area contributed by atoms with Gasteiger partial charge in [-0.2, -0.15) is 0 Å². The molecule has 25 heavy (non-hydrogen) atoms. The monoisotopic (exact) mass is 478 g/mol. The molecule has 5 heteroatoms. The fourth-order valence-electron chi connectivity index (χ4n) is 1.91. The van der Waals surface area contributed by atoms with E-state index in [-0.39, 0.29) is 5.78 Å². The fourth-order valence-corrected chi connectivity index (χ4v) is 2.57. The summed E-state index contributed by atoms with van der Waals surface area (Å²) in [5, 5.41) is 0.632. The van der Waals surface area contributed by atoms with Crippen LogP contribution in [-0.4, -0.2) is 12.1 Å². The van der Waals surface area contributed by atoms with Crippen LogP contribution in [0.2, 0.25) is 5.02 Å². The Morgan fingerprint density at radius 3 is 1.56 bits per heavy atom. The summed E-state index contributed by atoms with van der Waals surface area (Å²) in [4.78, 5) is 22.1. The predicted molar refractivity (Wildman–Crippen MR) is 109 cm³/mol. The van der Waals surface area contributed by atoms with Gasteiger partial charge in [-0.05, 0) is 60.7 Å². The number of rotatable bonds is 3. The first-order valence-electron chi connectivity index (χ1n) is 7.26. The molecule has 3 rings (SSSR count). The molecule has 3 aromatic carbocycles. The quantitative estimate of drug-likeness (QED) is 0.313. The lowest BCUT2D eigenvalue weighted by Gasteiger charge is -2.01. The number of hydrogen-bond donors (Lipinski definition) is 0. The van der Waals surface area contributed by atoms with Crippen LogP contribution in [-0.2, 0) is 0 Å². The molecule has 0 saturated heterocycles. The summed E-state index contributed by atoms with van der Waals surface area (Å²) < 4.78 is 1.95. The van der Waals surface area contributed by atoms with E-state index in [4.69, 9.17) is 11.6 Å². The third-order valence-electron chi connectivity index (χ3n) is 3.22. The van der Waals surface area contributed by atoms with Gasteiger partial charge in [0.15, 0.2) is 5.78 Å². The highest BCUT2D eigenvalue weighted by molar-refractivity contribution is 9.10.